The van der Waals surface area contributed by atoms with Gasteiger partial charge in [0.1, 0.15) is 22.9 Å². The lowest BCUT2D eigenvalue weighted by atomic mass is 10.00. The van der Waals surface area contributed by atoms with Crippen molar-refractivity contribution >= 4 is 11.3 Å². The van der Waals surface area contributed by atoms with Crippen molar-refractivity contribution in [2.45, 2.75) is 26.2 Å². The Morgan fingerprint density at radius 1 is 1.21 bits per heavy atom. The molecular formula is C21H17FN6O. The largest absolute Gasteiger partial charge is 0.493 e. The van der Waals surface area contributed by atoms with E-state index in [-0.39, 0.29) is 5.82 Å². The predicted molar refractivity (Wildman–Crippen MR) is 104 cm³/mol. The van der Waals surface area contributed by atoms with Gasteiger partial charge in [0.2, 0.25) is 0 Å². The Hall–Kier alpha value is -3.73. The van der Waals surface area contributed by atoms with E-state index in [1.165, 1.54) is 6.07 Å². The van der Waals surface area contributed by atoms with Gasteiger partial charge < -0.3 is 14.1 Å². The second kappa shape index (κ2) is 6.71. The van der Waals surface area contributed by atoms with Crippen molar-refractivity contribution in [3.05, 3.63) is 77.1 Å². The van der Waals surface area contributed by atoms with Crippen molar-refractivity contribution in [1.29, 1.82) is 0 Å². The molecule has 3 aromatic heterocycles. The molecule has 7 nitrogen and oxygen atoms in total. The highest BCUT2D eigenvalue weighted by atomic mass is 19.1. The molecule has 0 unspecified atom stereocenters. The molecule has 29 heavy (non-hydrogen) atoms. The number of hydrogen-bond acceptors (Lipinski definition) is 4. The van der Waals surface area contributed by atoms with Gasteiger partial charge in [-0.2, -0.15) is 0 Å². The van der Waals surface area contributed by atoms with E-state index in [4.69, 9.17) is 11.3 Å². The maximum absolute atomic E-state index is 14.5. The third-order valence-corrected chi connectivity index (χ3v) is 5.24. The molecule has 0 saturated heterocycles. The predicted octanol–water partition coefficient (Wildman–Crippen LogP) is 3.63. The zero-order valence-electron chi connectivity index (χ0n) is 15.8. The summed E-state index contributed by atoms with van der Waals surface area (Å²) >= 11 is 0. The van der Waals surface area contributed by atoms with Crippen LogP contribution in [0.2, 0.25) is 0 Å². The SMILES string of the molecule is [C-]#[N+]c1ncn2c(CCc3c(F)ccc4c3CCO4)ncc(-n3cnc(C)c3)c12. The molecule has 5 rings (SSSR count). The average Bonchev–Trinajstić information content (AvgIpc) is 3.46. The zero-order valence-corrected chi connectivity index (χ0v) is 15.8. The molecule has 0 aliphatic carbocycles. The number of aromatic nitrogens is 5. The van der Waals surface area contributed by atoms with Crippen molar-refractivity contribution in [3.8, 4) is 11.4 Å². The lowest BCUT2D eigenvalue weighted by Gasteiger charge is -2.11. The number of nitrogens with zero attached hydrogens (tertiary/aromatic N) is 6. The Labute approximate surface area is 166 Å². The molecule has 0 atom stereocenters. The lowest BCUT2D eigenvalue weighted by Crippen LogP contribution is -2.07. The number of imidazole rings is 2. The quantitative estimate of drug-likeness (QED) is 0.501. The number of aryl methyl sites for hydroxylation is 2. The molecule has 4 aromatic rings. The van der Waals surface area contributed by atoms with E-state index in [9.17, 15) is 4.39 Å². The maximum Gasteiger partial charge on any atom is 0.297 e. The van der Waals surface area contributed by atoms with E-state index < -0.39 is 0 Å². The number of hydrogen-bond donors (Lipinski definition) is 0. The molecule has 1 aromatic carbocycles. The van der Waals surface area contributed by atoms with Gasteiger partial charge in [0.25, 0.3) is 5.82 Å². The van der Waals surface area contributed by atoms with E-state index in [0.29, 0.717) is 36.3 Å². The Morgan fingerprint density at radius 3 is 2.90 bits per heavy atom. The fourth-order valence-electron chi connectivity index (χ4n) is 3.86. The maximum atomic E-state index is 14.5. The van der Waals surface area contributed by atoms with Crippen LogP contribution in [-0.2, 0) is 19.3 Å². The highest BCUT2D eigenvalue weighted by Gasteiger charge is 2.21. The van der Waals surface area contributed by atoms with Gasteiger partial charge in [-0.1, -0.05) is 6.57 Å². The number of ether oxygens (including phenoxy) is 1. The van der Waals surface area contributed by atoms with E-state index in [1.807, 2.05) is 22.1 Å². The number of fused-ring (bicyclic) bond motifs is 2. The average molecular weight is 388 g/mol. The summed E-state index contributed by atoms with van der Waals surface area (Å²) in [6, 6.07) is 3.15. The van der Waals surface area contributed by atoms with E-state index in [0.717, 1.165) is 34.9 Å². The number of rotatable bonds is 4. The summed E-state index contributed by atoms with van der Waals surface area (Å²) in [6.45, 7) is 9.95. The molecule has 0 spiro atoms. The van der Waals surface area contributed by atoms with E-state index >= 15 is 0 Å². The van der Waals surface area contributed by atoms with Gasteiger partial charge in [-0.05, 0) is 31.0 Å². The Balaban J connectivity index is 1.55. The van der Waals surface area contributed by atoms with Gasteiger partial charge in [0.05, 0.1) is 30.5 Å². The van der Waals surface area contributed by atoms with Crippen LogP contribution in [0.1, 0.15) is 22.6 Å². The number of benzene rings is 1. The smallest absolute Gasteiger partial charge is 0.297 e. The standard InChI is InChI=1S/C21H17FN6O/c1-13-10-27(11-25-13)17-9-24-19(28-12-26-21(23-2)20(17)28)6-3-14-15-7-8-29-18(15)5-4-16(14)22/h4-5,9-12H,3,6-8H2,1H3. The summed E-state index contributed by atoms with van der Waals surface area (Å²) < 4.78 is 23.7. The molecule has 1 aliphatic rings. The normalized spacial score (nSPS) is 12.7. The Morgan fingerprint density at radius 2 is 2.10 bits per heavy atom. The second-order valence-electron chi connectivity index (χ2n) is 6.98. The molecule has 0 amide bonds. The fraction of sp³-hybridized carbons (Fsp3) is 0.238. The van der Waals surface area contributed by atoms with Gasteiger partial charge in [0, 0.05) is 24.6 Å². The molecular weight excluding hydrogens is 371 g/mol. The zero-order chi connectivity index (χ0) is 20.0. The van der Waals surface area contributed by atoms with Crippen LogP contribution in [0.25, 0.3) is 16.0 Å². The first-order valence-electron chi connectivity index (χ1n) is 9.32. The van der Waals surface area contributed by atoms with Crippen LogP contribution in [0, 0.1) is 19.3 Å². The van der Waals surface area contributed by atoms with Crippen molar-refractivity contribution in [3.63, 3.8) is 0 Å². The first kappa shape index (κ1) is 17.4. The van der Waals surface area contributed by atoms with Gasteiger partial charge in [-0.15, -0.1) is 4.98 Å². The summed E-state index contributed by atoms with van der Waals surface area (Å²) in [5.41, 5.74) is 3.89. The molecule has 0 saturated carbocycles. The van der Waals surface area contributed by atoms with Crippen LogP contribution >= 0.6 is 0 Å². The van der Waals surface area contributed by atoms with Crippen molar-refractivity contribution in [1.82, 2.24) is 23.9 Å². The summed E-state index contributed by atoms with van der Waals surface area (Å²) in [5.74, 6) is 1.57. The third-order valence-electron chi connectivity index (χ3n) is 5.24. The van der Waals surface area contributed by atoms with E-state index in [2.05, 4.69) is 19.8 Å². The topological polar surface area (TPSA) is 61.6 Å². The molecule has 0 N–H and O–H groups in total. The van der Waals surface area contributed by atoms with Gasteiger partial charge in [-0.3, -0.25) is 4.40 Å². The minimum Gasteiger partial charge on any atom is -0.493 e. The van der Waals surface area contributed by atoms with Crippen LogP contribution in [0.15, 0.2) is 37.2 Å². The first-order chi connectivity index (χ1) is 14.2. The summed E-state index contributed by atoms with van der Waals surface area (Å²) in [6.07, 6.45) is 8.62. The van der Waals surface area contributed by atoms with Crippen molar-refractivity contribution < 1.29 is 9.13 Å². The lowest BCUT2D eigenvalue weighted by molar-refractivity contribution is 0.356. The van der Waals surface area contributed by atoms with Crippen LogP contribution in [0.4, 0.5) is 10.2 Å². The summed E-state index contributed by atoms with van der Waals surface area (Å²) in [7, 11) is 0. The first-order valence-corrected chi connectivity index (χ1v) is 9.32. The molecule has 1 aliphatic heterocycles. The molecule has 144 valence electrons. The second-order valence-corrected chi connectivity index (χ2v) is 6.98. The minimum atomic E-state index is -0.219. The summed E-state index contributed by atoms with van der Waals surface area (Å²) in [5, 5.41) is 0. The van der Waals surface area contributed by atoms with Gasteiger partial charge in [-0.25, -0.2) is 14.4 Å². The molecule has 0 fully saturated rings. The third kappa shape index (κ3) is 2.83. The minimum absolute atomic E-state index is 0.219. The molecule has 4 heterocycles. The van der Waals surface area contributed by atoms with Crippen LogP contribution in [-0.4, -0.2) is 30.5 Å². The Bertz CT molecular complexity index is 1280. The highest BCUT2D eigenvalue weighted by molar-refractivity contribution is 5.79. The highest BCUT2D eigenvalue weighted by Crippen LogP contribution is 2.31. The van der Waals surface area contributed by atoms with Crippen LogP contribution in [0.3, 0.4) is 0 Å². The number of halogens is 1. The molecule has 0 radical (unpaired) electrons. The van der Waals surface area contributed by atoms with Gasteiger partial charge >= 0.3 is 0 Å². The fourth-order valence-corrected chi connectivity index (χ4v) is 3.86. The summed E-state index contributed by atoms with van der Waals surface area (Å²) in [4.78, 5) is 16.6. The van der Waals surface area contributed by atoms with Crippen LogP contribution in [0.5, 0.6) is 5.75 Å². The van der Waals surface area contributed by atoms with Crippen molar-refractivity contribution in [2.24, 2.45) is 0 Å². The molecule has 0 bridgehead atoms. The van der Waals surface area contributed by atoms with Crippen LogP contribution < -0.4 is 4.74 Å². The van der Waals surface area contributed by atoms with Crippen molar-refractivity contribution in [2.75, 3.05) is 6.61 Å². The molecule has 8 heteroatoms. The Kier molecular flexibility index (Phi) is 4.02. The van der Waals surface area contributed by atoms with Gasteiger partial charge in [0.15, 0.2) is 6.33 Å². The monoisotopic (exact) mass is 388 g/mol. The van der Waals surface area contributed by atoms with E-state index in [1.54, 1.807) is 24.9 Å².